The molecule has 0 aromatic heterocycles. The van der Waals surface area contributed by atoms with Crippen LogP contribution >= 0.6 is 0 Å². The number of fused-ring (bicyclic) bond motifs is 1. The lowest BCUT2D eigenvalue weighted by atomic mass is 9.97. The Morgan fingerprint density at radius 3 is 3.21 bits per heavy atom. The minimum atomic E-state index is 0.576. The van der Waals surface area contributed by atoms with Crippen molar-refractivity contribution in [2.45, 2.75) is 25.3 Å². The molecule has 3 rings (SSSR count). The average Bonchev–Trinajstić information content (AvgIpc) is 2.88. The predicted molar refractivity (Wildman–Crippen MR) is 55.6 cm³/mol. The molecule has 1 aromatic carbocycles. The van der Waals surface area contributed by atoms with E-state index in [1.54, 1.807) is 0 Å². The van der Waals surface area contributed by atoms with Crippen molar-refractivity contribution in [3.63, 3.8) is 0 Å². The first-order chi connectivity index (χ1) is 6.95. The molecule has 2 aliphatic rings. The number of nitrogens with one attached hydrogen (secondary N) is 1. The van der Waals surface area contributed by atoms with Crippen molar-refractivity contribution in [2.24, 2.45) is 0 Å². The van der Waals surface area contributed by atoms with E-state index in [1.807, 2.05) is 0 Å². The van der Waals surface area contributed by atoms with Gasteiger partial charge in [-0.25, -0.2) is 0 Å². The molecule has 1 atom stereocenters. The Labute approximate surface area is 84.3 Å². The molecule has 14 heavy (non-hydrogen) atoms. The molecule has 1 aromatic rings. The zero-order valence-electron chi connectivity index (χ0n) is 8.25. The molecule has 2 heterocycles. The van der Waals surface area contributed by atoms with Crippen LogP contribution in [0, 0.1) is 0 Å². The van der Waals surface area contributed by atoms with Crippen LogP contribution < -0.4 is 10.1 Å². The summed E-state index contributed by atoms with van der Waals surface area (Å²) in [5.41, 5.74) is 2.91. The third-order valence-corrected chi connectivity index (χ3v) is 3.21. The first kappa shape index (κ1) is 8.30. The van der Waals surface area contributed by atoms with Gasteiger partial charge in [0.25, 0.3) is 0 Å². The van der Waals surface area contributed by atoms with Crippen LogP contribution in [0.4, 0.5) is 0 Å². The Kier molecular flexibility index (Phi) is 1.95. The fourth-order valence-electron chi connectivity index (χ4n) is 2.52. The lowest BCUT2D eigenvalue weighted by molar-refractivity contribution is 0.357. The van der Waals surface area contributed by atoms with E-state index in [2.05, 4.69) is 23.5 Å². The van der Waals surface area contributed by atoms with E-state index < -0.39 is 0 Å². The first-order valence-corrected chi connectivity index (χ1v) is 5.43. The van der Waals surface area contributed by atoms with E-state index in [1.165, 1.54) is 24.0 Å². The van der Waals surface area contributed by atoms with Gasteiger partial charge in [0.15, 0.2) is 0 Å². The molecule has 2 heteroatoms. The van der Waals surface area contributed by atoms with E-state index in [4.69, 9.17) is 4.74 Å². The van der Waals surface area contributed by atoms with Crippen LogP contribution in [-0.2, 0) is 6.42 Å². The van der Waals surface area contributed by atoms with Crippen molar-refractivity contribution < 1.29 is 4.74 Å². The van der Waals surface area contributed by atoms with Gasteiger partial charge in [0.05, 0.1) is 6.61 Å². The van der Waals surface area contributed by atoms with Crippen molar-refractivity contribution in [1.29, 1.82) is 0 Å². The van der Waals surface area contributed by atoms with Crippen LogP contribution in [0.3, 0.4) is 0 Å². The molecule has 0 bridgehead atoms. The standard InChI is InChI=1S/C12H15NO/c1-3-9(11-4-2-7-13-11)10-6-8-14-12(10)5-1/h1,3,5,11,13H,2,4,6-8H2/t11-/m1/s1. The fourth-order valence-corrected chi connectivity index (χ4v) is 2.52. The van der Waals surface area contributed by atoms with Gasteiger partial charge < -0.3 is 10.1 Å². The summed E-state index contributed by atoms with van der Waals surface area (Å²) in [7, 11) is 0. The summed E-state index contributed by atoms with van der Waals surface area (Å²) in [6.07, 6.45) is 3.66. The Morgan fingerprint density at radius 1 is 1.36 bits per heavy atom. The monoisotopic (exact) mass is 189 g/mol. The minimum Gasteiger partial charge on any atom is -0.493 e. The van der Waals surface area contributed by atoms with E-state index in [9.17, 15) is 0 Å². The summed E-state index contributed by atoms with van der Waals surface area (Å²) in [6, 6.07) is 7.02. The summed E-state index contributed by atoms with van der Waals surface area (Å²) in [4.78, 5) is 0. The van der Waals surface area contributed by atoms with E-state index >= 15 is 0 Å². The number of hydrogen-bond acceptors (Lipinski definition) is 2. The summed E-state index contributed by atoms with van der Waals surface area (Å²) in [6.45, 7) is 2.02. The summed E-state index contributed by atoms with van der Waals surface area (Å²) in [5.74, 6) is 1.11. The van der Waals surface area contributed by atoms with Gasteiger partial charge in [0, 0.05) is 18.0 Å². The lowest BCUT2D eigenvalue weighted by Gasteiger charge is -2.13. The van der Waals surface area contributed by atoms with Crippen molar-refractivity contribution in [2.75, 3.05) is 13.2 Å². The molecule has 1 N–H and O–H groups in total. The van der Waals surface area contributed by atoms with Gasteiger partial charge in [-0.05, 0) is 31.0 Å². The topological polar surface area (TPSA) is 21.3 Å². The predicted octanol–water partition coefficient (Wildman–Crippen LogP) is 2.05. The third-order valence-electron chi connectivity index (χ3n) is 3.21. The molecule has 0 aliphatic carbocycles. The highest BCUT2D eigenvalue weighted by Gasteiger charge is 2.23. The molecule has 2 nitrogen and oxygen atoms in total. The maximum atomic E-state index is 5.57. The van der Waals surface area contributed by atoms with Crippen LogP contribution in [0.1, 0.15) is 30.0 Å². The van der Waals surface area contributed by atoms with Crippen molar-refractivity contribution in [3.8, 4) is 5.75 Å². The van der Waals surface area contributed by atoms with Crippen LogP contribution in [0.25, 0.3) is 0 Å². The molecule has 0 radical (unpaired) electrons. The zero-order valence-corrected chi connectivity index (χ0v) is 8.25. The molecule has 1 fully saturated rings. The van der Waals surface area contributed by atoms with Gasteiger partial charge in [-0.3, -0.25) is 0 Å². The zero-order chi connectivity index (χ0) is 9.38. The minimum absolute atomic E-state index is 0.576. The maximum absolute atomic E-state index is 5.57. The highest BCUT2D eigenvalue weighted by Crippen LogP contribution is 2.34. The molecule has 0 amide bonds. The Balaban J connectivity index is 2.00. The van der Waals surface area contributed by atoms with Crippen molar-refractivity contribution in [3.05, 3.63) is 29.3 Å². The molecule has 0 unspecified atom stereocenters. The SMILES string of the molecule is c1cc2c(c([C@H]3CCCN3)c1)CCO2. The van der Waals surface area contributed by atoms with Gasteiger partial charge in [-0.1, -0.05) is 12.1 Å². The van der Waals surface area contributed by atoms with Crippen LogP contribution in [0.2, 0.25) is 0 Å². The highest BCUT2D eigenvalue weighted by molar-refractivity contribution is 5.44. The number of hydrogen-bond donors (Lipinski definition) is 1. The number of ether oxygens (including phenoxy) is 1. The van der Waals surface area contributed by atoms with Gasteiger partial charge in [0.1, 0.15) is 5.75 Å². The average molecular weight is 189 g/mol. The Bertz CT molecular complexity index is 342. The molecular weight excluding hydrogens is 174 g/mol. The Hall–Kier alpha value is -1.02. The van der Waals surface area contributed by atoms with Crippen molar-refractivity contribution >= 4 is 0 Å². The van der Waals surface area contributed by atoms with Gasteiger partial charge in [-0.15, -0.1) is 0 Å². The number of benzene rings is 1. The second kappa shape index (κ2) is 3.28. The molecule has 74 valence electrons. The van der Waals surface area contributed by atoms with Crippen LogP contribution in [0.15, 0.2) is 18.2 Å². The van der Waals surface area contributed by atoms with Crippen LogP contribution in [-0.4, -0.2) is 13.2 Å². The Morgan fingerprint density at radius 2 is 2.36 bits per heavy atom. The van der Waals surface area contributed by atoms with Crippen LogP contribution in [0.5, 0.6) is 5.75 Å². The second-order valence-corrected chi connectivity index (χ2v) is 4.07. The molecule has 2 aliphatic heterocycles. The van der Waals surface area contributed by atoms with E-state index in [-0.39, 0.29) is 0 Å². The van der Waals surface area contributed by atoms with Gasteiger partial charge in [0.2, 0.25) is 0 Å². The third kappa shape index (κ3) is 1.22. The quantitative estimate of drug-likeness (QED) is 0.730. The smallest absolute Gasteiger partial charge is 0.122 e. The largest absolute Gasteiger partial charge is 0.493 e. The van der Waals surface area contributed by atoms with Gasteiger partial charge >= 0.3 is 0 Å². The lowest BCUT2D eigenvalue weighted by Crippen LogP contribution is -2.14. The number of rotatable bonds is 1. The highest BCUT2D eigenvalue weighted by atomic mass is 16.5. The molecule has 1 saturated heterocycles. The molecule has 0 spiro atoms. The van der Waals surface area contributed by atoms with Gasteiger partial charge in [-0.2, -0.15) is 0 Å². The summed E-state index contributed by atoms with van der Waals surface area (Å²) >= 11 is 0. The molecule has 0 saturated carbocycles. The molecular formula is C12H15NO. The maximum Gasteiger partial charge on any atom is 0.122 e. The summed E-state index contributed by atoms with van der Waals surface area (Å²) < 4.78 is 5.57. The second-order valence-electron chi connectivity index (χ2n) is 4.07. The van der Waals surface area contributed by atoms with Crippen molar-refractivity contribution in [1.82, 2.24) is 5.32 Å². The van der Waals surface area contributed by atoms with E-state index in [0.29, 0.717) is 6.04 Å². The first-order valence-electron chi connectivity index (χ1n) is 5.43. The van der Waals surface area contributed by atoms with E-state index in [0.717, 1.165) is 25.3 Å². The summed E-state index contributed by atoms with van der Waals surface area (Å²) in [5, 5.41) is 3.55. The fraction of sp³-hybridized carbons (Fsp3) is 0.500. The normalized spacial score (nSPS) is 24.7.